The van der Waals surface area contributed by atoms with E-state index in [0.717, 1.165) is 37.8 Å². The van der Waals surface area contributed by atoms with Crippen LogP contribution in [0.4, 0.5) is 0 Å². The van der Waals surface area contributed by atoms with Crippen molar-refractivity contribution in [1.82, 2.24) is 5.32 Å². The molecule has 19 heavy (non-hydrogen) atoms. The minimum absolute atomic E-state index is 0.0697. The van der Waals surface area contributed by atoms with Gasteiger partial charge in [-0.15, -0.1) is 0 Å². The number of aliphatic hydroxyl groups is 1. The van der Waals surface area contributed by atoms with Crippen LogP contribution in [0.3, 0.4) is 0 Å². The zero-order valence-corrected chi connectivity index (χ0v) is 12.3. The SMILES string of the molecule is O[C@@]12CCCC[C@H]1[C@@H](c1c(Cl)cccc1Cl)NCC2. The highest BCUT2D eigenvalue weighted by Gasteiger charge is 2.46. The summed E-state index contributed by atoms with van der Waals surface area (Å²) < 4.78 is 0. The maximum absolute atomic E-state index is 10.9. The molecule has 0 spiro atoms. The van der Waals surface area contributed by atoms with Crippen LogP contribution in [0, 0.1) is 5.92 Å². The fraction of sp³-hybridized carbons (Fsp3) is 0.600. The van der Waals surface area contributed by atoms with Crippen molar-refractivity contribution in [2.45, 2.75) is 43.7 Å². The topological polar surface area (TPSA) is 32.3 Å². The zero-order valence-electron chi connectivity index (χ0n) is 10.8. The van der Waals surface area contributed by atoms with Gasteiger partial charge in [0.2, 0.25) is 0 Å². The van der Waals surface area contributed by atoms with Gasteiger partial charge in [-0.1, -0.05) is 42.1 Å². The first-order chi connectivity index (χ1) is 9.12. The number of hydrogen-bond acceptors (Lipinski definition) is 2. The number of nitrogens with one attached hydrogen (secondary N) is 1. The molecule has 0 radical (unpaired) electrons. The fourth-order valence-electron chi connectivity index (χ4n) is 3.73. The van der Waals surface area contributed by atoms with Crippen LogP contribution in [0.25, 0.3) is 0 Å². The third-order valence-electron chi connectivity index (χ3n) is 4.70. The molecule has 2 nitrogen and oxygen atoms in total. The molecule has 0 amide bonds. The van der Waals surface area contributed by atoms with Crippen molar-refractivity contribution in [3.63, 3.8) is 0 Å². The van der Waals surface area contributed by atoms with Crippen LogP contribution in [-0.4, -0.2) is 17.3 Å². The molecule has 3 atom stereocenters. The maximum atomic E-state index is 10.9. The van der Waals surface area contributed by atoms with Gasteiger partial charge in [0.1, 0.15) is 0 Å². The van der Waals surface area contributed by atoms with Crippen molar-refractivity contribution in [1.29, 1.82) is 0 Å². The van der Waals surface area contributed by atoms with Crippen molar-refractivity contribution >= 4 is 23.2 Å². The fourth-order valence-corrected chi connectivity index (χ4v) is 4.37. The Morgan fingerprint density at radius 2 is 1.89 bits per heavy atom. The predicted molar refractivity (Wildman–Crippen MR) is 78.7 cm³/mol. The van der Waals surface area contributed by atoms with Gasteiger partial charge >= 0.3 is 0 Å². The largest absolute Gasteiger partial charge is 0.389 e. The second kappa shape index (κ2) is 5.25. The van der Waals surface area contributed by atoms with Gasteiger partial charge in [-0.3, -0.25) is 0 Å². The summed E-state index contributed by atoms with van der Waals surface area (Å²) in [6.07, 6.45) is 5.06. The van der Waals surface area contributed by atoms with E-state index < -0.39 is 5.60 Å². The molecule has 2 N–H and O–H groups in total. The van der Waals surface area contributed by atoms with E-state index in [1.165, 1.54) is 6.42 Å². The van der Waals surface area contributed by atoms with Gasteiger partial charge in [0.15, 0.2) is 0 Å². The summed E-state index contributed by atoms with van der Waals surface area (Å²) in [5.74, 6) is 0.215. The molecule has 1 heterocycles. The Hall–Kier alpha value is -0.280. The number of fused-ring (bicyclic) bond motifs is 1. The van der Waals surface area contributed by atoms with Gasteiger partial charge in [0.25, 0.3) is 0 Å². The van der Waals surface area contributed by atoms with Gasteiger partial charge in [-0.25, -0.2) is 0 Å². The molecule has 3 rings (SSSR count). The molecule has 1 saturated carbocycles. The number of hydrogen-bond donors (Lipinski definition) is 2. The maximum Gasteiger partial charge on any atom is 0.0706 e. The highest BCUT2D eigenvalue weighted by molar-refractivity contribution is 6.36. The minimum Gasteiger partial charge on any atom is -0.389 e. The molecule has 2 fully saturated rings. The monoisotopic (exact) mass is 299 g/mol. The number of benzene rings is 1. The summed E-state index contributed by atoms with van der Waals surface area (Å²) >= 11 is 12.7. The van der Waals surface area contributed by atoms with Crippen LogP contribution < -0.4 is 5.32 Å². The first-order valence-electron chi connectivity index (χ1n) is 7.01. The van der Waals surface area contributed by atoms with Crippen LogP contribution in [0.2, 0.25) is 10.0 Å². The molecule has 2 aliphatic rings. The molecule has 1 aromatic rings. The van der Waals surface area contributed by atoms with Crippen molar-refractivity contribution in [3.8, 4) is 0 Å². The van der Waals surface area contributed by atoms with Crippen molar-refractivity contribution in [2.75, 3.05) is 6.54 Å². The average molecular weight is 300 g/mol. The number of rotatable bonds is 1. The van der Waals surface area contributed by atoms with Gasteiger partial charge in [-0.2, -0.15) is 0 Å². The minimum atomic E-state index is -0.545. The standard InChI is InChI=1S/C15H19Cl2NO/c16-11-5-3-6-12(17)13(11)14-10-4-1-2-7-15(10,19)8-9-18-14/h3,5-6,10,14,18-19H,1-2,4,7-9H2/t10-,14-,15+/m0/s1. The van der Waals surface area contributed by atoms with Crippen molar-refractivity contribution in [2.24, 2.45) is 5.92 Å². The summed E-state index contributed by atoms with van der Waals surface area (Å²) in [5.41, 5.74) is 0.410. The Balaban J connectivity index is 1.99. The van der Waals surface area contributed by atoms with Crippen molar-refractivity contribution in [3.05, 3.63) is 33.8 Å². The molecule has 0 unspecified atom stereocenters. The van der Waals surface area contributed by atoms with Crippen molar-refractivity contribution < 1.29 is 5.11 Å². The van der Waals surface area contributed by atoms with Gasteiger partial charge in [0, 0.05) is 27.6 Å². The molecule has 1 aliphatic heterocycles. The summed E-state index contributed by atoms with van der Waals surface area (Å²) in [5, 5.41) is 15.8. The highest BCUT2D eigenvalue weighted by atomic mass is 35.5. The van der Waals surface area contributed by atoms with Gasteiger partial charge < -0.3 is 10.4 Å². The molecule has 4 heteroatoms. The molecule has 1 aliphatic carbocycles. The van der Waals surface area contributed by atoms with Gasteiger partial charge in [-0.05, 0) is 37.9 Å². The molecule has 1 aromatic carbocycles. The van der Waals surface area contributed by atoms with E-state index >= 15 is 0 Å². The summed E-state index contributed by atoms with van der Waals surface area (Å²) in [6, 6.07) is 5.69. The summed E-state index contributed by atoms with van der Waals surface area (Å²) in [4.78, 5) is 0. The van der Waals surface area contributed by atoms with Crippen LogP contribution in [0.5, 0.6) is 0 Å². The van der Waals surface area contributed by atoms with Crippen LogP contribution in [0.1, 0.15) is 43.7 Å². The van der Waals surface area contributed by atoms with Gasteiger partial charge in [0.05, 0.1) is 5.60 Å². The second-order valence-electron chi connectivity index (χ2n) is 5.77. The molecule has 0 bridgehead atoms. The highest BCUT2D eigenvalue weighted by Crippen LogP contribution is 2.48. The van der Waals surface area contributed by atoms with E-state index in [0.29, 0.717) is 10.0 Å². The Bertz CT molecular complexity index is 455. The Kier molecular flexibility index (Phi) is 3.78. The molecule has 0 aromatic heterocycles. The summed E-state index contributed by atoms with van der Waals surface area (Å²) in [6.45, 7) is 0.819. The second-order valence-corrected chi connectivity index (χ2v) is 6.59. The lowest BCUT2D eigenvalue weighted by atomic mass is 9.67. The van der Waals surface area contributed by atoms with Crippen LogP contribution >= 0.6 is 23.2 Å². The lowest BCUT2D eigenvalue weighted by molar-refractivity contribution is -0.0861. The first-order valence-corrected chi connectivity index (χ1v) is 7.77. The van der Waals surface area contributed by atoms with E-state index in [-0.39, 0.29) is 12.0 Å². The Morgan fingerprint density at radius 1 is 1.16 bits per heavy atom. The lowest BCUT2D eigenvalue weighted by Gasteiger charge is -2.48. The number of piperidine rings is 1. The third kappa shape index (κ3) is 2.40. The first kappa shape index (κ1) is 13.7. The molecular weight excluding hydrogens is 281 g/mol. The molecule has 1 saturated heterocycles. The predicted octanol–water partition coefficient (Wildman–Crippen LogP) is 3.95. The smallest absolute Gasteiger partial charge is 0.0706 e. The van der Waals surface area contributed by atoms with Crippen LogP contribution in [-0.2, 0) is 0 Å². The average Bonchev–Trinajstić information content (AvgIpc) is 2.38. The zero-order chi connectivity index (χ0) is 13.5. The summed E-state index contributed by atoms with van der Waals surface area (Å²) in [7, 11) is 0. The van der Waals surface area contributed by atoms with E-state index in [1.807, 2.05) is 18.2 Å². The molecule has 104 valence electrons. The Labute approximate surface area is 124 Å². The van der Waals surface area contributed by atoms with E-state index in [4.69, 9.17) is 23.2 Å². The Morgan fingerprint density at radius 3 is 2.63 bits per heavy atom. The van der Waals surface area contributed by atoms with E-state index in [1.54, 1.807) is 0 Å². The van der Waals surface area contributed by atoms with E-state index in [9.17, 15) is 5.11 Å². The lowest BCUT2D eigenvalue weighted by Crippen LogP contribution is -2.53. The molecular formula is C15H19Cl2NO. The third-order valence-corrected chi connectivity index (χ3v) is 5.36. The van der Waals surface area contributed by atoms with Crippen LogP contribution in [0.15, 0.2) is 18.2 Å². The number of halogens is 2. The quantitative estimate of drug-likeness (QED) is 0.823. The van der Waals surface area contributed by atoms with E-state index in [2.05, 4.69) is 5.32 Å². The normalized spacial score (nSPS) is 34.9.